The molecule has 10 heteroatoms. The molecule has 132 valence electrons. The molecule has 0 rings (SSSR count). The summed E-state index contributed by atoms with van der Waals surface area (Å²) < 4.78 is 29.6. The largest absolute Gasteiger partial charge is 0.478 e. The van der Waals surface area contributed by atoms with E-state index in [4.69, 9.17) is 14.8 Å². The van der Waals surface area contributed by atoms with Crippen molar-refractivity contribution in [1.29, 1.82) is 0 Å². The monoisotopic (exact) mass is 351 g/mol. The van der Waals surface area contributed by atoms with Crippen LogP contribution in [0.25, 0.3) is 0 Å². The van der Waals surface area contributed by atoms with Gasteiger partial charge in [-0.05, 0) is 19.4 Å². The van der Waals surface area contributed by atoms with Gasteiger partial charge in [0.2, 0.25) is 5.91 Å². The minimum Gasteiger partial charge on any atom is -0.478 e. The maximum absolute atomic E-state index is 10.6. The molecular weight excluding hydrogens is 330 g/mol. The molecule has 1 unspecified atom stereocenters. The van der Waals surface area contributed by atoms with Gasteiger partial charge < -0.3 is 15.5 Å². The van der Waals surface area contributed by atoms with Gasteiger partial charge in [0.05, 0.1) is 0 Å². The highest BCUT2D eigenvalue weighted by atomic mass is 32.2. The molecule has 1 amide bonds. The van der Waals surface area contributed by atoms with E-state index < -0.39 is 33.3 Å². The SMILES string of the molecule is C=C(C)C(=O)O.C=CC(=O)NC(CC)S(=O)(=O)O.C=CC(=O)O. The summed E-state index contributed by atoms with van der Waals surface area (Å²) in [5, 5.41) is 16.3. The van der Waals surface area contributed by atoms with Crippen LogP contribution in [0.15, 0.2) is 37.5 Å². The van der Waals surface area contributed by atoms with Crippen molar-refractivity contribution in [3.05, 3.63) is 37.5 Å². The van der Waals surface area contributed by atoms with Crippen molar-refractivity contribution in [2.24, 2.45) is 0 Å². The zero-order valence-corrected chi connectivity index (χ0v) is 13.7. The van der Waals surface area contributed by atoms with E-state index in [9.17, 15) is 22.8 Å². The quantitative estimate of drug-likeness (QED) is 0.404. The summed E-state index contributed by atoms with van der Waals surface area (Å²) >= 11 is 0. The molecule has 0 saturated carbocycles. The first-order valence-corrected chi connectivity index (χ1v) is 7.47. The first-order chi connectivity index (χ1) is 10.3. The van der Waals surface area contributed by atoms with Gasteiger partial charge in [0, 0.05) is 11.6 Å². The molecule has 0 aliphatic carbocycles. The summed E-state index contributed by atoms with van der Waals surface area (Å²) in [6, 6.07) is 0. The molecule has 1 atom stereocenters. The number of hydrogen-bond donors (Lipinski definition) is 4. The Morgan fingerprint density at radius 2 is 1.52 bits per heavy atom. The molecule has 0 heterocycles. The average molecular weight is 351 g/mol. The van der Waals surface area contributed by atoms with Gasteiger partial charge in [0.25, 0.3) is 10.1 Å². The van der Waals surface area contributed by atoms with Crippen molar-refractivity contribution >= 4 is 28.0 Å². The van der Waals surface area contributed by atoms with Gasteiger partial charge in [-0.25, -0.2) is 9.59 Å². The summed E-state index contributed by atoms with van der Waals surface area (Å²) in [6.07, 6.45) is 1.88. The van der Waals surface area contributed by atoms with E-state index in [1.165, 1.54) is 13.8 Å². The lowest BCUT2D eigenvalue weighted by molar-refractivity contribution is -0.133. The number of carboxylic acids is 2. The fourth-order valence-electron chi connectivity index (χ4n) is 0.605. The smallest absolute Gasteiger partial charge is 0.330 e. The van der Waals surface area contributed by atoms with E-state index in [1.54, 1.807) is 0 Å². The molecule has 0 aliphatic rings. The first-order valence-electron chi connectivity index (χ1n) is 5.96. The molecule has 0 spiro atoms. The summed E-state index contributed by atoms with van der Waals surface area (Å²) in [7, 11) is -4.20. The van der Waals surface area contributed by atoms with Crippen LogP contribution >= 0.6 is 0 Å². The van der Waals surface area contributed by atoms with Crippen LogP contribution in [0.4, 0.5) is 0 Å². The molecule has 0 aliphatic heterocycles. The van der Waals surface area contributed by atoms with Gasteiger partial charge in [-0.15, -0.1) is 0 Å². The third-order valence-electron chi connectivity index (χ3n) is 1.76. The van der Waals surface area contributed by atoms with E-state index in [0.717, 1.165) is 12.2 Å². The van der Waals surface area contributed by atoms with Crippen molar-refractivity contribution in [3.8, 4) is 0 Å². The second-order valence-corrected chi connectivity index (χ2v) is 5.35. The zero-order valence-electron chi connectivity index (χ0n) is 12.9. The fraction of sp³-hybridized carbons (Fsp3) is 0.308. The van der Waals surface area contributed by atoms with Gasteiger partial charge >= 0.3 is 11.9 Å². The number of rotatable bonds is 6. The van der Waals surface area contributed by atoms with E-state index in [2.05, 4.69) is 25.1 Å². The van der Waals surface area contributed by atoms with E-state index in [-0.39, 0.29) is 12.0 Å². The minimum absolute atomic E-state index is 0.110. The van der Waals surface area contributed by atoms with Crippen LogP contribution < -0.4 is 5.32 Å². The van der Waals surface area contributed by atoms with Crippen LogP contribution in [-0.2, 0) is 24.5 Å². The minimum atomic E-state index is -4.20. The van der Waals surface area contributed by atoms with Crippen LogP contribution in [-0.4, -0.2) is 46.4 Å². The van der Waals surface area contributed by atoms with Crippen molar-refractivity contribution < 1.29 is 37.6 Å². The lowest BCUT2D eigenvalue weighted by atomic mass is 10.4. The van der Waals surface area contributed by atoms with Crippen molar-refractivity contribution in [2.75, 3.05) is 0 Å². The number of nitrogens with one attached hydrogen (secondary N) is 1. The Kier molecular flexibility index (Phi) is 14.7. The van der Waals surface area contributed by atoms with E-state index >= 15 is 0 Å². The van der Waals surface area contributed by atoms with Crippen LogP contribution in [0, 0.1) is 0 Å². The molecule has 0 fully saturated rings. The summed E-state index contributed by atoms with van der Waals surface area (Å²) in [4.78, 5) is 29.5. The number of carbonyl (C=O) groups excluding carboxylic acids is 1. The third-order valence-corrected chi connectivity index (χ3v) is 2.93. The predicted octanol–water partition coefficient (Wildman–Crippen LogP) is 0.817. The summed E-state index contributed by atoms with van der Waals surface area (Å²) in [5.74, 6) is -2.54. The number of hydrogen-bond acceptors (Lipinski definition) is 5. The molecular formula is C13H21NO8S. The number of amides is 1. The highest BCUT2D eigenvalue weighted by Crippen LogP contribution is 1.99. The van der Waals surface area contributed by atoms with Crippen molar-refractivity contribution in [1.82, 2.24) is 5.32 Å². The molecule has 0 aromatic heterocycles. The van der Waals surface area contributed by atoms with Crippen molar-refractivity contribution in [3.63, 3.8) is 0 Å². The number of carbonyl (C=O) groups is 3. The number of aliphatic carboxylic acids is 2. The van der Waals surface area contributed by atoms with Crippen LogP contribution in [0.5, 0.6) is 0 Å². The van der Waals surface area contributed by atoms with Gasteiger partial charge in [-0.2, -0.15) is 8.42 Å². The fourth-order valence-corrected chi connectivity index (χ4v) is 1.29. The lowest BCUT2D eigenvalue weighted by Gasteiger charge is -2.11. The molecule has 9 nitrogen and oxygen atoms in total. The second kappa shape index (κ2) is 13.2. The second-order valence-electron chi connectivity index (χ2n) is 3.75. The third kappa shape index (κ3) is 19.5. The lowest BCUT2D eigenvalue weighted by Crippen LogP contribution is -2.39. The maximum Gasteiger partial charge on any atom is 0.330 e. The van der Waals surface area contributed by atoms with Gasteiger partial charge in [-0.1, -0.05) is 26.7 Å². The molecule has 0 aromatic rings. The Balaban J connectivity index is -0.000000303. The molecule has 0 bridgehead atoms. The normalized spacial score (nSPS) is 10.4. The molecule has 23 heavy (non-hydrogen) atoms. The van der Waals surface area contributed by atoms with Crippen LogP contribution in [0.3, 0.4) is 0 Å². The average Bonchev–Trinajstić information content (AvgIpc) is 2.44. The maximum atomic E-state index is 10.6. The van der Waals surface area contributed by atoms with E-state index in [0.29, 0.717) is 0 Å². The Morgan fingerprint density at radius 3 is 1.65 bits per heavy atom. The summed E-state index contributed by atoms with van der Waals surface area (Å²) in [6.45, 7) is 12.2. The van der Waals surface area contributed by atoms with Gasteiger partial charge in [0.15, 0.2) is 5.37 Å². The molecule has 0 saturated heterocycles. The Bertz CT molecular complexity index is 538. The molecule has 0 radical (unpaired) electrons. The Hall–Kier alpha value is -2.46. The van der Waals surface area contributed by atoms with Gasteiger partial charge in [0.1, 0.15) is 0 Å². The predicted molar refractivity (Wildman–Crippen MR) is 84.2 cm³/mol. The zero-order chi connectivity index (χ0) is 19.2. The highest BCUT2D eigenvalue weighted by molar-refractivity contribution is 7.86. The molecule has 4 N–H and O–H groups in total. The van der Waals surface area contributed by atoms with Crippen molar-refractivity contribution in [2.45, 2.75) is 25.6 Å². The Morgan fingerprint density at radius 1 is 1.17 bits per heavy atom. The Labute approximate surface area is 134 Å². The van der Waals surface area contributed by atoms with Crippen LogP contribution in [0.1, 0.15) is 20.3 Å². The topological polar surface area (TPSA) is 158 Å². The van der Waals surface area contributed by atoms with Crippen LogP contribution in [0.2, 0.25) is 0 Å². The highest BCUT2D eigenvalue weighted by Gasteiger charge is 2.21. The van der Waals surface area contributed by atoms with E-state index in [1.807, 2.05) is 0 Å². The first kappa shape index (κ1) is 25.5. The molecule has 0 aromatic carbocycles. The standard InChI is InChI=1S/C6H11NO4S.C4H6O2.C3H4O2/c1-3-5(8)7-6(4-2)12(9,10)11;1-3(2)4(5)6;1-2-3(4)5/h3,6H,1,4H2,2H3,(H,7,8)(H,9,10,11);1H2,2H3,(H,5,6);2H,1H2,(H,4,5). The van der Waals surface area contributed by atoms with Gasteiger partial charge in [-0.3, -0.25) is 9.35 Å². The summed E-state index contributed by atoms with van der Waals surface area (Å²) in [5.41, 5.74) is 0.176. The number of carboxylic acid groups (broad SMARTS) is 2.